The van der Waals surface area contributed by atoms with Crippen molar-refractivity contribution in [3.05, 3.63) is 152 Å². The average Bonchev–Trinajstić information content (AvgIpc) is 3.37. The number of nitrogens with zero attached hydrogens (tertiary/aromatic N) is 1. The van der Waals surface area contributed by atoms with E-state index in [0.29, 0.717) is 0 Å². The lowest BCUT2D eigenvalue weighted by Crippen LogP contribution is -1.95. The minimum atomic E-state index is 1.17. The van der Waals surface area contributed by atoms with E-state index >= 15 is 0 Å². The Balaban J connectivity index is 1.51. The lowest BCUT2D eigenvalue weighted by molar-refractivity contribution is 1.19. The van der Waals surface area contributed by atoms with Crippen LogP contribution in [0.15, 0.2) is 152 Å². The van der Waals surface area contributed by atoms with Gasteiger partial charge in [-0.3, -0.25) is 0 Å². The second-order valence-electron chi connectivity index (χ2n) is 10.2. The van der Waals surface area contributed by atoms with E-state index in [1.165, 1.54) is 71.3 Å². The van der Waals surface area contributed by atoms with Crippen molar-refractivity contribution in [1.82, 2.24) is 4.57 Å². The van der Waals surface area contributed by atoms with Crippen molar-refractivity contribution >= 4 is 43.4 Å². The van der Waals surface area contributed by atoms with E-state index in [1.807, 2.05) is 0 Å². The molecule has 182 valence electrons. The molecule has 39 heavy (non-hydrogen) atoms. The van der Waals surface area contributed by atoms with Crippen molar-refractivity contribution in [2.45, 2.75) is 0 Å². The molecule has 0 saturated heterocycles. The number of hydrogen-bond acceptors (Lipinski definition) is 0. The van der Waals surface area contributed by atoms with Crippen LogP contribution in [-0.2, 0) is 0 Å². The smallest absolute Gasteiger partial charge is 0.0625 e. The van der Waals surface area contributed by atoms with E-state index in [9.17, 15) is 0 Å². The van der Waals surface area contributed by atoms with Crippen LogP contribution in [0.2, 0.25) is 0 Å². The summed E-state index contributed by atoms with van der Waals surface area (Å²) in [5.74, 6) is 0. The van der Waals surface area contributed by atoms with Crippen LogP contribution in [0.5, 0.6) is 0 Å². The SMILES string of the molecule is c1ccc(-c2ccc(-n3c4cc(-c5ccccc5)ccc4c4c5ccccc5c5ccccc5c43)cc2)cc1. The average molecular weight is 496 g/mol. The third-order valence-electron chi connectivity index (χ3n) is 7.98. The topological polar surface area (TPSA) is 4.93 Å². The molecule has 8 rings (SSSR count). The number of fused-ring (bicyclic) bond motifs is 8. The summed E-state index contributed by atoms with van der Waals surface area (Å²) in [5, 5.41) is 7.74. The molecule has 0 saturated carbocycles. The maximum absolute atomic E-state index is 2.47. The van der Waals surface area contributed by atoms with E-state index in [2.05, 4.69) is 156 Å². The van der Waals surface area contributed by atoms with Gasteiger partial charge >= 0.3 is 0 Å². The second-order valence-corrected chi connectivity index (χ2v) is 10.2. The van der Waals surface area contributed by atoms with E-state index in [4.69, 9.17) is 0 Å². The maximum Gasteiger partial charge on any atom is 0.0625 e. The molecule has 1 nitrogen and oxygen atoms in total. The van der Waals surface area contributed by atoms with Crippen LogP contribution in [0.4, 0.5) is 0 Å². The van der Waals surface area contributed by atoms with Crippen LogP contribution in [0, 0.1) is 0 Å². The van der Waals surface area contributed by atoms with Crippen LogP contribution >= 0.6 is 0 Å². The molecule has 0 radical (unpaired) electrons. The second kappa shape index (κ2) is 8.72. The molecule has 1 heteroatoms. The molecule has 0 unspecified atom stereocenters. The van der Waals surface area contributed by atoms with Gasteiger partial charge in [0.05, 0.1) is 11.0 Å². The lowest BCUT2D eigenvalue weighted by Gasteiger charge is -2.13. The minimum Gasteiger partial charge on any atom is -0.309 e. The van der Waals surface area contributed by atoms with Gasteiger partial charge in [0.15, 0.2) is 0 Å². The Hall–Kier alpha value is -5.14. The summed E-state index contributed by atoms with van der Waals surface area (Å²) >= 11 is 0. The summed E-state index contributed by atoms with van der Waals surface area (Å²) in [7, 11) is 0. The third-order valence-corrected chi connectivity index (χ3v) is 7.98. The standard InChI is InChI=1S/C38H25N/c1-3-11-26(12-4-1)28-19-22-30(23-20-28)39-36-25-29(27-13-5-2-6-14-27)21-24-35(36)37-33-17-9-7-15-31(33)32-16-8-10-18-34(32)38(37)39/h1-25H. The van der Waals surface area contributed by atoms with Gasteiger partial charge in [-0.1, -0.05) is 133 Å². The van der Waals surface area contributed by atoms with E-state index < -0.39 is 0 Å². The molecule has 0 atom stereocenters. The van der Waals surface area contributed by atoms with Crippen molar-refractivity contribution in [1.29, 1.82) is 0 Å². The number of hydrogen-bond donors (Lipinski definition) is 0. The zero-order chi connectivity index (χ0) is 25.8. The predicted molar refractivity (Wildman–Crippen MR) is 167 cm³/mol. The van der Waals surface area contributed by atoms with Gasteiger partial charge in [-0.15, -0.1) is 0 Å². The Morgan fingerprint density at radius 2 is 0.821 bits per heavy atom. The first-order chi connectivity index (χ1) is 19.4. The first-order valence-corrected chi connectivity index (χ1v) is 13.5. The van der Waals surface area contributed by atoms with Crippen molar-refractivity contribution in [2.75, 3.05) is 0 Å². The van der Waals surface area contributed by atoms with Crippen molar-refractivity contribution in [3.63, 3.8) is 0 Å². The normalized spacial score (nSPS) is 11.6. The first-order valence-electron chi connectivity index (χ1n) is 13.5. The zero-order valence-electron chi connectivity index (χ0n) is 21.4. The van der Waals surface area contributed by atoms with Crippen molar-refractivity contribution in [3.8, 4) is 27.9 Å². The van der Waals surface area contributed by atoms with Gasteiger partial charge in [-0.05, 0) is 56.6 Å². The maximum atomic E-state index is 2.47. The monoisotopic (exact) mass is 495 g/mol. The van der Waals surface area contributed by atoms with Gasteiger partial charge in [0.2, 0.25) is 0 Å². The highest BCUT2D eigenvalue weighted by atomic mass is 15.0. The predicted octanol–water partition coefficient (Wildman–Crippen LogP) is 10.4. The summed E-state index contributed by atoms with van der Waals surface area (Å²) < 4.78 is 2.47. The highest BCUT2D eigenvalue weighted by molar-refractivity contribution is 6.32. The summed E-state index contributed by atoms with van der Waals surface area (Å²) in [5.41, 5.74) is 8.55. The molecule has 0 fully saturated rings. The fraction of sp³-hybridized carbons (Fsp3) is 0. The quantitative estimate of drug-likeness (QED) is 0.215. The fourth-order valence-electron chi connectivity index (χ4n) is 6.19. The van der Waals surface area contributed by atoms with E-state index in [-0.39, 0.29) is 0 Å². The first kappa shape index (κ1) is 21.9. The molecule has 8 aromatic rings. The molecule has 0 aliphatic heterocycles. The molecule has 7 aromatic carbocycles. The van der Waals surface area contributed by atoms with Gasteiger partial charge in [0.1, 0.15) is 0 Å². The number of rotatable bonds is 3. The Kier molecular flexibility index (Phi) is 4.89. The van der Waals surface area contributed by atoms with Gasteiger partial charge in [-0.2, -0.15) is 0 Å². The summed E-state index contributed by atoms with van der Waals surface area (Å²) in [6, 6.07) is 54.9. The molecule has 1 heterocycles. The van der Waals surface area contributed by atoms with E-state index in [1.54, 1.807) is 0 Å². The van der Waals surface area contributed by atoms with Gasteiger partial charge in [-0.25, -0.2) is 0 Å². The van der Waals surface area contributed by atoms with E-state index in [0.717, 1.165) is 0 Å². The third kappa shape index (κ3) is 3.41. The largest absolute Gasteiger partial charge is 0.309 e. The molecule has 0 aliphatic carbocycles. The zero-order valence-corrected chi connectivity index (χ0v) is 21.4. The van der Waals surface area contributed by atoms with Gasteiger partial charge < -0.3 is 4.57 Å². The highest BCUT2D eigenvalue weighted by Gasteiger charge is 2.19. The molecule has 0 bridgehead atoms. The van der Waals surface area contributed by atoms with Crippen LogP contribution in [-0.4, -0.2) is 4.57 Å². The molecule has 0 amide bonds. The summed E-state index contributed by atoms with van der Waals surface area (Å²) in [6.07, 6.45) is 0. The van der Waals surface area contributed by atoms with Crippen molar-refractivity contribution < 1.29 is 0 Å². The molecule has 0 aliphatic rings. The fourth-order valence-corrected chi connectivity index (χ4v) is 6.19. The van der Waals surface area contributed by atoms with Crippen LogP contribution in [0.3, 0.4) is 0 Å². The molecular formula is C38H25N. The Labute approximate surface area is 227 Å². The lowest BCUT2D eigenvalue weighted by atomic mass is 9.96. The summed E-state index contributed by atoms with van der Waals surface area (Å²) in [4.78, 5) is 0. The summed E-state index contributed by atoms with van der Waals surface area (Å²) in [6.45, 7) is 0. The Morgan fingerprint density at radius 3 is 1.49 bits per heavy atom. The number of aromatic nitrogens is 1. The Bertz CT molecular complexity index is 2130. The molecular weight excluding hydrogens is 470 g/mol. The van der Waals surface area contributed by atoms with Crippen molar-refractivity contribution in [2.24, 2.45) is 0 Å². The van der Waals surface area contributed by atoms with Gasteiger partial charge in [0.25, 0.3) is 0 Å². The van der Waals surface area contributed by atoms with Gasteiger partial charge in [0, 0.05) is 21.8 Å². The van der Waals surface area contributed by atoms with Crippen LogP contribution in [0.25, 0.3) is 71.3 Å². The number of benzene rings is 7. The minimum absolute atomic E-state index is 1.17. The molecule has 1 aromatic heterocycles. The van der Waals surface area contributed by atoms with Crippen LogP contribution in [0.1, 0.15) is 0 Å². The molecule has 0 N–H and O–H groups in total. The highest BCUT2D eigenvalue weighted by Crippen LogP contribution is 2.43. The molecule has 0 spiro atoms. The Morgan fingerprint density at radius 1 is 0.333 bits per heavy atom. The van der Waals surface area contributed by atoms with Crippen LogP contribution < -0.4 is 0 Å².